The summed E-state index contributed by atoms with van der Waals surface area (Å²) in [5, 5.41) is 0.768. The predicted octanol–water partition coefficient (Wildman–Crippen LogP) is 2.26. The van der Waals surface area contributed by atoms with Crippen molar-refractivity contribution in [1.82, 2.24) is 14.7 Å². The van der Waals surface area contributed by atoms with Crippen molar-refractivity contribution in [3.05, 3.63) is 18.5 Å². The molecule has 0 bridgehead atoms. The summed E-state index contributed by atoms with van der Waals surface area (Å²) in [6, 6.07) is 1.81. The molecule has 0 spiro atoms. The highest BCUT2D eigenvalue weighted by atomic mass is 32.2. The topological polar surface area (TPSA) is 37.8 Å². The van der Waals surface area contributed by atoms with Gasteiger partial charge in [-0.15, -0.1) is 0 Å². The Morgan fingerprint density at radius 1 is 1.38 bits per heavy atom. The van der Waals surface area contributed by atoms with E-state index in [1.54, 1.807) is 12.4 Å². The summed E-state index contributed by atoms with van der Waals surface area (Å²) in [6.45, 7) is 6.46. The Morgan fingerprint density at radius 2 is 2.00 bits per heavy atom. The van der Waals surface area contributed by atoms with Crippen molar-refractivity contribution in [2.75, 3.05) is 0 Å². The molecule has 0 aliphatic heterocycles. The molecule has 3 nitrogen and oxygen atoms in total. The SMILES string of the molecule is CCC(C)(C)NSc1ncccn1. The fraction of sp³-hybridized carbons (Fsp3) is 0.556. The first-order chi connectivity index (χ1) is 6.14. The van der Waals surface area contributed by atoms with Crippen LogP contribution < -0.4 is 4.72 Å². The van der Waals surface area contributed by atoms with Gasteiger partial charge < -0.3 is 0 Å². The van der Waals surface area contributed by atoms with E-state index in [1.807, 2.05) is 6.07 Å². The molecule has 0 unspecified atom stereocenters. The van der Waals surface area contributed by atoms with Gasteiger partial charge >= 0.3 is 0 Å². The third-order valence-electron chi connectivity index (χ3n) is 1.84. The smallest absolute Gasteiger partial charge is 0.202 e. The van der Waals surface area contributed by atoms with E-state index in [2.05, 4.69) is 35.5 Å². The lowest BCUT2D eigenvalue weighted by molar-refractivity contribution is 0.464. The highest BCUT2D eigenvalue weighted by Gasteiger charge is 2.14. The Balaban J connectivity index is 2.44. The van der Waals surface area contributed by atoms with E-state index < -0.39 is 0 Å². The van der Waals surface area contributed by atoms with E-state index >= 15 is 0 Å². The largest absolute Gasteiger partial charge is 0.252 e. The lowest BCUT2D eigenvalue weighted by Gasteiger charge is -2.22. The van der Waals surface area contributed by atoms with Crippen LogP contribution in [-0.4, -0.2) is 15.5 Å². The van der Waals surface area contributed by atoms with E-state index in [0.717, 1.165) is 11.6 Å². The molecule has 72 valence electrons. The van der Waals surface area contributed by atoms with Crippen molar-refractivity contribution in [1.29, 1.82) is 0 Å². The Kier molecular flexibility index (Phi) is 3.69. The number of hydrogen-bond acceptors (Lipinski definition) is 4. The monoisotopic (exact) mass is 197 g/mol. The second-order valence-corrected chi connectivity index (χ2v) is 4.25. The molecule has 0 radical (unpaired) electrons. The number of aromatic nitrogens is 2. The average molecular weight is 197 g/mol. The molecular weight excluding hydrogens is 182 g/mol. The fourth-order valence-corrected chi connectivity index (χ4v) is 1.33. The van der Waals surface area contributed by atoms with Crippen LogP contribution in [0.4, 0.5) is 0 Å². The van der Waals surface area contributed by atoms with E-state index in [9.17, 15) is 0 Å². The molecular formula is C9H15N3S. The molecule has 0 amide bonds. The first kappa shape index (κ1) is 10.5. The van der Waals surface area contributed by atoms with Crippen LogP contribution in [0, 0.1) is 0 Å². The number of rotatable bonds is 4. The van der Waals surface area contributed by atoms with Gasteiger partial charge in [-0.1, -0.05) is 6.92 Å². The molecule has 0 saturated heterocycles. The van der Waals surface area contributed by atoms with Crippen molar-refractivity contribution >= 4 is 11.9 Å². The zero-order valence-electron chi connectivity index (χ0n) is 8.24. The van der Waals surface area contributed by atoms with Gasteiger partial charge in [0.25, 0.3) is 0 Å². The molecule has 13 heavy (non-hydrogen) atoms. The summed E-state index contributed by atoms with van der Waals surface area (Å²) in [6.07, 6.45) is 4.57. The van der Waals surface area contributed by atoms with Gasteiger partial charge in [0.1, 0.15) is 0 Å². The van der Waals surface area contributed by atoms with Crippen LogP contribution in [0.1, 0.15) is 27.2 Å². The number of nitrogens with one attached hydrogen (secondary N) is 1. The summed E-state index contributed by atoms with van der Waals surface area (Å²) in [5.74, 6) is 0. The van der Waals surface area contributed by atoms with Crippen molar-refractivity contribution in [3.63, 3.8) is 0 Å². The molecule has 0 aliphatic rings. The normalized spacial score (nSPS) is 11.6. The zero-order chi connectivity index (χ0) is 9.73. The van der Waals surface area contributed by atoms with Gasteiger partial charge in [-0.3, -0.25) is 4.72 Å². The second kappa shape index (κ2) is 4.58. The summed E-state index contributed by atoms with van der Waals surface area (Å²) in [4.78, 5) is 8.21. The van der Waals surface area contributed by atoms with Crippen LogP contribution in [0.25, 0.3) is 0 Å². The molecule has 0 aromatic carbocycles. The Bertz CT molecular complexity index is 248. The van der Waals surface area contributed by atoms with E-state index in [0.29, 0.717) is 0 Å². The molecule has 0 atom stereocenters. The third kappa shape index (κ3) is 3.74. The summed E-state index contributed by atoms with van der Waals surface area (Å²) in [5.41, 5.74) is 0.129. The van der Waals surface area contributed by atoms with Gasteiger partial charge in [-0.2, -0.15) is 0 Å². The molecule has 1 aromatic heterocycles. The van der Waals surface area contributed by atoms with Crippen LogP contribution in [0.2, 0.25) is 0 Å². The summed E-state index contributed by atoms with van der Waals surface area (Å²) >= 11 is 1.48. The van der Waals surface area contributed by atoms with Crippen molar-refractivity contribution < 1.29 is 0 Å². The minimum Gasteiger partial charge on any atom is -0.252 e. The van der Waals surface area contributed by atoms with Gasteiger partial charge in [0, 0.05) is 17.9 Å². The molecule has 1 N–H and O–H groups in total. The van der Waals surface area contributed by atoms with E-state index in [4.69, 9.17) is 0 Å². The van der Waals surface area contributed by atoms with Crippen molar-refractivity contribution in [2.45, 2.75) is 37.9 Å². The van der Waals surface area contributed by atoms with Crippen LogP contribution in [0.3, 0.4) is 0 Å². The first-order valence-electron chi connectivity index (χ1n) is 4.35. The predicted molar refractivity (Wildman–Crippen MR) is 55.4 cm³/mol. The maximum Gasteiger partial charge on any atom is 0.202 e. The Labute approximate surface area is 83.5 Å². The number of nitrogens with zero attached hydrogens (tertiary/aromatic N) is 2. The molecule has 0 saturated carbocycles. The maximum atomic E-state index is 4.11. The molecule has 1 aromatic rings. The second-order valence-electron chi connectivity index (χ2n) is 3.47. The van der Waals surface area contributed by atoms with E-state index in [-0.39, 0.29) is 5.54 Å². The molecule has 4 heteroatoms. The Hall–Kier alpha value is -0.610. The van der Waals surface area contributed by atoms with Crippen LogP contribution in [0.5, 0.6) is 0 Å². The zero-order valence-corrected chi connectivity index (χ0v) is 9.06. The van der Waals surface area contributed by atoms with Crippen LogP contribution in [-0.2, 0) is 0 Å². The van der Waals surface area contributed by atoms with Gasteiger partial charge in [0.05, 0.1) is 0 Å². The molecule has 0 fully saturated rings. The summed E-state index contributed by atoms with van der Waals surface area (Å²) < 4.78 is 3.32. The van der Waals surface area contributed by atoms with Crippen molar-refractivity contribution in [3.8, 4) is 0 Å². The average Bonchev–Trinajstić information content (AvgIpc) is 2.17. The number of hydrogen-bond donors (Lipinski definition) is 1. The lowest BCUT2D eigenvalue weighted by atomic mass is 10.0. The lowest BCUT2D eigenvalue weighted by Crippen LogP contribution is -2.33. The minimum absolute atomic E-state index is 0.129. The van der Waals surface area contributed by atoms with E-state index in [1.165, 1.54) is 11.9 Å². The highest BCUT2D eigenvalue weighted by Crippen LogP contribution is 2.15. The highest BCUT2D eigenvalue weighted by molar-refractivity contribution is 7.97. The van der Waals surface area contributed by atoms with Gasteiger partial charge in [-0.05, 0) is 38.3 Å². The molecule has 0 aliphatic carbocycles. The van der Waals surface area contributed by atoms with Gasteiger partial charge in [-0.25, -0.2) is 9.97 Å². The minimum atomic E-state index is 0.129. The molecule has 1 heterocycles. The standard InChI is InChI=1S/C9H15N3S/c1-4-9(2,3)12-13-8-10-6-5-7-11-8/h5-7,12H,4H2,1-3H3. The quantitative estimate of drug-likeness (QED) is 0.593. The van der Waals surface area contributed by atoms with Gasteiger partial charge in [0.15, 0.2) is 0 Å². The van der Waals surface area contributed by atoms with Crippen LogP contribution >= 0.6 is 11.9 Å². The maximum absolute atomic E-state index is 4.11. The summed E-state index contributed by atoms with van der Waals surface area (Å²) in [7, 11) is 0. The first-order valence-corrected chi connectivity index (χ1v) is 5.17. The van der Waals surface area contributed by atoms with Gasteiger partial charge in [0.2, 0.25) is 5.16 Å². The van der Waals surface area contributed by atoms with Crippen molar-refractivity contribution in [2.24, 2.45) is 0 Å². The van der Waals surface area contributed by atoms with Crippen LogP contribution in [0.15, 0.2) is 23.6 Å². The third-order valence-corrected chi connectivity index (χ3v) is 2.89. The fourth-order valence-electron chi connectivity index (χ4n) is 0.594. The molecule has 1 rings (SSSR count). The Morgan fingerprint density at radius 3 is 2.54 bits per heavy atom.